The van der Waals surface area contributed by atoms with Crippen LogP contribution in [0.4, 0.5) is 0 Å². The Bertz CT molecular complexity index is 731. The number of hydrogen-bond acceptors (Lipinski definition) is 3. The number of carbonyl (C=O) groups excluding carboxylic acids is 1. The average Bonchev–Trinajstić information content (AvgIpc) is 2.69. The van der Waals surface area contributed by atoms with Gasteiger partial charge in [-0.3, -0.25) is 14.7 Å². The molecule has 1 unspecified atom stereocenters. The summed E-state index contributed by atoms with van der Waals surface area (Å²) in [6.45, 7) is 7.73. The summed E-state index contributed by atoms with van der Waals surface area (Å²) in [4.78, 5) is 18.5. The van der Waals surface area contributed by atoms with Crippen molar-refractivity contribution >= 4 is 5.91 Å². The molecule has 0 spiro atoms. The van der Waals surface area contributed by atoms with Crippen LogP contribution < -0.4 is 0 Å². The second-order valence-corrected chi connectivity index (χ2v) is 6.75. The summed E-state index contributed by atoms with van der Waals surface area (Å²) in [5.74, 6) is -0.244. The minimum atomic E-state index is -1.49. The van der Waals surface area contributed by atoms with E-state index in [4.69, 9.17) is 0 Å². The summed E-state index contributed by atoms with van der Waals surface area (Å²) in [5, 5.41) is 11.5. The number of amides is 1. The van der Waals surface area contributed by atoms with Gasteiger partial charge in [0, 0.05) is 22.9 Å². The first-order valence-corrected chi connectivity index (χ1v) is 7.36. The minimum Gasteiger partial charge on any atom is -0.363 e. The summed E-state index contributed by atoms with van der Waals surface area (Å²) in [6, 6.07) is 11.1. The SMILES string of the molecule is Cc1ccc(C2(O)c3cccnc3C(=O)N2C(C)(C)C)cc1. The Labute approximate surface area is 130 Å². The maximum Gasteiger partial charge on any atom is 0.276 e. The third kappa shape index (κ3) is 1.95. The zero-order chi connectivity index (χ0) is 16.1. The highest BCUT2D eigenvalue weighted by molar-refractivity contribution is 5.99. The number of pyridine rings is 1. The molecule has 114 valence electrons. The van der Waals surface area contributed by atoms with Crippen LogP contribution in [0.5, 0.6) is 0 Å². The third-order valence-electron chi connectivity index (χ3n) is 4.04. The Kier molecular flexibility index (Phi) is 3.11. The zero-order valence-electron chi connectivity index (χ0n) is 13.3. The highest BCUT2D eigenvalue weighted by atomic mass is 16.3. The number of hydrogen-bond donors (Lipinski definition) is 1. The molecule has 0 saturated heterocycles. The number of carbonyl (C=O) groups is 1. The van der Waals surface area contributed by atoms with Crippen LogP contribution in [0.3, 0.4) is 0 Å². The fourth-order valence-electron chi connectivity index (χ4n) is 3.09. The van der Waals surface area contributed by atoms with Gasteiger partial charge < -0.3 is 5.11 Å². The van der Waals surface area contributed by atoms with E-state index in [-0.39, 0.29) is 5.91 Å². The van der Waals surface area contributed by atoms with Crippen molar-refractivity contribution in [3.8, 4) is 0 Å². The second-order valence-electron chi connectivity index (χ2n) is 6.75. The monoisotopic (exact) mass is 296 g/mol. The fraction of sp³-hybridized carbons (Fsp3) is 0.333. The van der Waals surface area contributed by atoms with Crippen LogP contribution in [0.15, 0.2) is 42.6 Å². The first-order valence-electron chi connectivity index (χ1n) is 7.36. The number of fused-ring (bicyclic) bond motifs is 1. The van der Waals surface area contributed by atoms with Gasteiger partial charge in [0.2, 0.25) is 0 Å². The molecule has 4 nitrogen and oxygen atoms in total. The van der Waals surface area contributed by atoms with Gasteiger partial charge >= 0.3 is 0 Å². The van der Waals surface area contributed by atoms with Gasteiger partial charge in [0.05, 0.1) is 0 Å². The molecule has 1 aliphatic rings. The van der Waals surface area contributed by atoms with Crippen LogP contribution in [-0.4, -0.2) is 26.4 Å². The first-order chi connectivity index (χ1) is 10.3. The molecule has 0 fully saturated rings. The van der Waals surface area contributed by atoms with Gasteiger partial charge in [0.25, 0.3) is 5.91 Å². The summed E-state index contributed by atoms with van der Waals surface area (Å²) in [5.41, 5.74) is 0.599. The minimum absolute atomic E-state index is 0.244. The van der Waals surface area contributed by atoms with E-state index in [1.54, 1.807) is 18.3 Å². The number of aliphatic hydroxyl groups is 1. The Morgan fingerprint density at radius 3 is 2.36 bits per heavy atom. The normalized spacial score (nSPS) is 21.1. The molecule has 0 saturated carbocycles. The van der Waals surface area contributed by atoms with Crippen molar-refractivity contribution in [1.29, 1.82) is 0 Å². The van der Waals surface area contributed by atoms with Crippen molar-refractivity contribution in [2.24, 2.45) is 0 Å². The van der Waals surface area contributed by atoms with E-state index < -0.39 is 11.3 Å². The van der Waals surface area contributed by atoms with Crippen LogP contribution in [0.1, 0.15) is 48.0 Å². The van der Waals surface area contributed by atoms with Crippen molar-refractivity contribution in [1.82, 2.24) is 9.88 Å². The van der Waals surface area contributed by atoms with Crippen molar-refractivity contribution in [3.05, 3.63) is 65.0 Å². The van der Waals surface area contributed by atoms with Crippen molar-refractivity contribution in [2.75, 3.05) is 0 Å². The van der Waals surface area contributed by atoms with E-state index in [1.165, 1.54) is 4.90 Å². The highest BCUT2D eigenvalue weighted by Crippen LogP contribution is 2.45. The van der Waals surface area contributed by atoms with E-state index in [9.17, 15) is 9.90 Å². The summed E-state index contributed by atoms with van der Waals surface area (Å²) in [6.07, 6.45) is 1.58. The molecule has 1 atom stereocenters. The lowest BCUT2D eigenvalue weighted by Gasteiger charge is -2.43. The molecular weight excluding hydrogens is 276 g/mol. The molecule has 0 bridgehead atoms. The Balaban J connectivity index is 2.29. The van der Waals surface area contributed by atoms with Crippen molar-refractivity contribution in [2.45, 2.75) is 39.0 Å². The molecule has 1 aromatic carbocycles. The van der Waals surface area contributed by atoms with Crippen LogP contribution in [0, 0.1) is 6.92 Å². The first kappa shape index (κ1) is 14.7. The molecule has 4 heteroatoms. The van der Waals surface area contributed by atoms with Gasteiger partial charge in [0.1, 0.15) is 5.69 Å². The molecule has 1 N–H and O–H groups in total. The number of benzene rings is 1. The van der Waals surface area contributed by atoms with E-state index in [2.05, 4.69) is 4.98 Å². The number of aromatic nitrogens is 1. The van der Waals surface area contributed by atoms with E-state index in [0.717, 1.165) is 5.56 Å². The quantitative estimate of drug-likeness (QED) is 0.880. The Hall–Kier alpha value is -2.20. The largest absolute Gasteiger partial charge is 0.363 e. The van der Waals surface area contributed by atoms with Gasteiger partial charge in [-0.2, -0.15) is 0 Å². The van der Waals surface area contributed by atoms with Crippen molar-refractivity contribution in [3.63, 3.8) is 0 Å². The lowest BCUT2D eigenvalue weighted by molar-refractivity contribution is -0.0876. The third-order valence-corrected chi connectivity index (χ3v) is 4.04. The molecule has 0 radical (unpaired) electrons. The fourth-order valence-corrected chi connectivity index (χ4v) is 3.09. The Morgan fingerprint density at radius 2 is 1.77 bits per heavy atom. The lowest BCUT2D eigenvalue weighted by atomic mass is 9.92. The molecule has 22 heavy (non-hydrogen) atoms. The van der Waals surface area contributed by atoms with Gasteiger partial charge in [-0.05, 0) is 39.8 Å². The maximum absolute atomic E-state index is 12.8. The smallest absolute Gasteiger partial charge is 0.276 e. The van der Waals surface area contributed by atoms with Gasteiger partial charge in [-0.15, -0.1) is 0 Å². The molecule has 2 heterocycles. The number of aryl methyl sites for hydroxylation is 1. The highest BCUT2D eigenvalue weighted by Gasteiger charge is 2.54. The molecule has 0 aliphatic carbocycles. The zero-order valence-corrected chi connectivity index (χ0v) is 13.3. The summed E-state index contributed by atoms with van der Waals surface area (Å²) < 4.78 is 0. The molecule has 1 aromatic heterocycles. The second kappa shape index (κ2) is 4.65. The number of rotatable bonds is 1. The summed E-state index contributed by atoms with van der Waals surface area (Å²) >= 11 is 0. The molecule has 1 aliphatic heterocycles. The van der Waals surface area contributed by atoms with Crippen LogP contribution in [0.2, 0.25) is 0 Å². The molecule has 3 rings (SSSR count). The van der Waals surface area contributed by atoms with E-state index in [0.29, 0.717) is 16.8 Å². The lowest BCUT2D eigenvalue weighted by Crippen LogP contribution is -2.54. The van der Waals surface area contributed by atoms with E-state index >= 15 is 0 Å². The van der Waals surface area contributed by atoms with E-state index in [1.807, 2.05) is 52.0 Å². The van der Waals surface area contributed by atoms with Gasteiger partial charge in [0.15, 0.2) is 5.72 Å². The van der Waals surface area contributed by atoms with Crippen LogP contribution in [-0.2, 0) is 5.72 Å². The van der Waals surface area contributed by atoms with Crippen molar-refractivity contribution < 1.29 is 9.90 Å². The topological polar surface area (TPSA) is 53.4 Å². The average molecular weight is 296 g/mol. The predicted octanol–water partition coefficient (Wildman–Crippen LogP) is 2.84. The van der Waals surface area contributed by atoms with Gasteiger partial charge in [-0.25, -0.2) is 0 Å². The maximum atomic E-state index is 12.8. The number of nitrogens with zero attached hydrogens (tertiary/aromatic N) is 2. The molecule has 1 amide bonds. The molecule has 2 aromatic rings. The molecular formula is C18H20N2O2. The Morgan fingerprint density at radius 1 is 1.14 bits per heavy atom. The predicted molar refractivity (Wildman–Crippen MR) is 84.3 cm³/mol. The standard InChI is InChI=1S/C18H20N2O2/c1-12-7-9-13(10-8-12)18(22)14-6-5-11-19-15(14)16(21)20(18)17(2,3)4/h5-11,22H,1-4H3. The van der Waals surface area contributed by atoms with Crippen LogP contribution >= 0.6 is 0 Å². The van der Waals surface area contributed by atoms with Gasteiger partial charge in [-0.1, -0.05) is 29.8 Å². The van der Waals surface area contributed by atoms with Crippen LogP contribution in [0.25, 0.3) is 0 Å². The summed E-state index contributed by atoms with van der Waals surface area (Å²) in [7, 11) is 0.